The topological polar surface area (TPSA) is 102 Å². The molecule has 0 saturated carbocycles. The van der Waals surface area contributed by atoms with Crippen molar-refractivity contribution >= 4 is 46.0 Å². The maximum absolute atomic E-state index is 11.6. The van der Waals surface area contributed by atoms with Gasteiger partial charge in [0.15, 0.2) is 17.0 Å². The van der Waals surface area contributed by atoms with Crippen molar-refractivity contribution in [2.24, 2.45) is 7.05 Å². The number of fused-ring (bicyclic) bond motifs is 1. The highest BCUT2D eigenvalue weighted by molar-refractivity contribution is 8.18. The molecule has 0 radical (unpaired) electrons. The number of anilines is 1. The molecule has 4 rings (SSSR count). The highest BCUT2D eigenvalue weighted by Gasteiger charge is 2.24. The van der Waals surface area contributed by atoms with Crippen LogP contribution in [0.3, 0.4) is 0 Å². The maximum Gasteiger partial charge on any atom is 0.290 e. The number of hydrogen-bond acceptors (Lipinski definition) is 8. The zero-order valence-corrected chi connectivity index (χ0v) is 16.6. The van der Waals surface area contributed by atoms with Crippen LogP contribution in [0.1, 0.15) is 5.56 Å². The molecule has 9 nitrogen and oxygen atoms in total. The molecule has 29 heavy (non-hydrogen) atoms. The van der Waals surface area contributed by atoms with Crippen LogP contribution in [-0.2, 0) is 11.8 Å². The lowest BCUT2D eigenvalue weighted by Crippen LogP contribution is -2.25. The van der Waals surface area contributed by atoms with Crippen molar-refractivity contribution in [2.45, 2.75) is 0 Å². The summed E-state index contributed by atoms with van der Waals surface area (Å²) in [7, 11) is 3.82. The summed E-state index contributed by atoms with van der Waals surface area (Å²) < 4.78 is 7.66. The second-order valence-electron chi connectivity index (χ2n) is 6.42. The Hall–Kier alpha value is -3.40. The zero-order chi connectivity index (χ0) is 20.4. The predicted molar refractivity (Wildman–Crippen MR) is 111 cm³/mol. The summed E-state index contributed by atoms with van der Waals surface area (Å²) in [4.78, 5) is 38.1. The van der Waals surface area contributed by atoms with E-state index < -0.39 is 0 Å². The number of imide groups is 1. The molecule has 1 aromatic carbocycles. The van der Waals surface area contributed by atoms with Gasteiger partial charge < -0.3 is 14.2 Å². The van der Waals surface area contributed by atoms with E-state index in [1.807, 2.05) is 47.8 Å². The molecule has 3 aromatic rings. The number of thioether (sulfide) groups is 1. The first kappa shape index (κ1) is 18.9. The fraction of sp³-hybridized carbons (Fsp3) is 0.211. The molecule has 1 aliphatic heterocycles. The number of aromatic nitrogens is 4. The summed E-state index contributed by atoms with van der Waals surface area (Å²) in [5.74, 6) is 1.10. The van der Waals surface area contributed by atoms with Gasteiger partial charge in [0.05, 0.1) is 17.8 Å². The number of carbonyl (C=O) groups excluding carboxylic acids is 2. The number of nitrogens with zero attached hydrogens (tertiary/aromatic N) is 5. The third kappa shape index (κ3) is 4.06. The third-order valence-electron chi connectivity index (χ3n) is 4.35. The van der Waals surface area contributed by atoms with Crippen LogP contribution >= 0.6 is 11.8 Å². The Morgan fingerprint density at radius 1 is 1.21 bits per heavy atom. The van der Waals surface area contributed by atoms with Crippen LogP contribution in [0.25, 0.3) is 17.2 Å². The number of likely N-dealkylation sites (N-methyl/N-ethyl adjacent to an activating group) is 1. The number of amides is 2. The van der Waals surface area contributed by atoms with Crippen molar-refractivity contribution < 1.29 is 14.3 Å². The average Bonchev–Trinajstić information content (AvgIpc) is 3.24. The fourth-order valence-corrected chi connectivity index (χ4v) is 3.53. The van der Waals surface area contributed by atoms with Gasteiger partial charge in [-0.05, 0) is 35.5 Å². The highest BCUT2D eigenvalue weighted by atomic mass is 32.2. The van der Waals surface area contributed by atoms with Gasteiger partial charge in [0.1, 0.15) is 18.7 Å². The number of benzene rings is 1. The van der Waals surface area contributed by atoms with Crippen molar-refractivity contribution in [2.75, 3.05) is 25.1 Å². The first-order valence-corrected chi connectivity index (χ1v) is 9.64. The van der Waals surface area contributed by atoms with Gasteiger partial charge >= 0.3 is 0 Å². The number of ether oxygens (including phenoxy) is 1. The Labute approximate surface area is 170 Å². The number of hydrogen-bond donors (Lipinski definition) is 1. The van der Waals surface area contributed by atoms with E-state index in [2.05, 4.69) is 20.3 Å². The zero-order valence-electron chi connectivity index (χ0n) is 15.8. The molecule has 1 aliphatic rings. The molecule has 2 amide bonds. The molecule has 1 N–H and O–H groups in total. The van der Waals surface area contributed by atoms with Crippen molar-refractivity contribution in [1.29, 1.82) is 0 Å². The number of aryl methyl sites for hydroxylation is 1. The highest BCUT2D eigenvalue weighted by Crippen LogP contribution is 2.26. The molecule has 0 bridgehead atoms. The van der Waals surface area contributed by atoms with Gasteiger partial charge in [-0.15, -0.1) is 0 Å². The van der Waals surface area contributed by atoms with E-state index in [1.165, 1.54) is 6.33 Å². The summed E-state index contributed by atoms with van der Waals surface area (Å²) in [5, 5.41) is 1.89. The largest absolute Gasteiger partial charge is 0.492 e. The molecule has 10 heteroatoms. The Bertz CT molecular complexity index is 1110. The molecule has 3 heterocycles. The minimum absolute atomic E-state index is 0.350. The van der Waals surface area contributed by atoms with Gasteiger partial charge in [0.2, 0.25) is 0 Å². The fourth-order valence-electron chi connectivity index (χ4n) is 2.85. The van der Waals surface area contributed by atoms with E-state index in [0.717, 1.165) is 34.3 Å². The molecular formula is C19H18N6O3S. The SMILES string of the molecule is CN(CCOc1ccc(/C=C2\SC(=O)NC2=O)cc1)c1ncnc2c1ncn2C. The summed E-state index contributed by atoms with van der Waals surface area (Å²) in [6.07, 6.45) is 4.92. The van der Waals surface area contributed by atoms with Gasteiger partial charge in [-0.3, -0.25) is 14.9 Å². The smallest absolute Gasteiger partial charge is 0.290 e. The van der Waals surface area contributed by atoms with Crippen LogP contribution in [0.15, 0.2) is 41.8 Å². The summed E-state index contributed by atoms with van der Waals surface area (Å²) in [6, 6.07) is 7.33. The molecule has 0 unspecified atom stereocenters. The normalized spacial score (nSPS) is 15.2. The Morgan fingerprint density at radius 2 is 2.00 bits per heavy atom. The van der Waals surface area contributed by atoms with Gasteiger partial charge in [-0.1, -0.05) is 12.1 Å². The second-order valence-corrected chi connectivity index (χ2v) is 7.43. The minimum Gasteiger partial charge on any atom is -0.492 e. The van der Waals surface area contributed by atoms with Crippen LogP contribution < -0.4 is 15.0 Å². The van der Waals surface area contributed by atoms with Crippen LogP contribution in [0.2, 0.25) is 0 Å². The van der Waals surface area contributed by atoms with Gasteiger partial charge in [0.25, 0.3) is 11.1 Å². The third-order valence-corrected chi connectivity index (χ3v) is 5.17. The van der Waals surface area contributed by atoms with Crippen LogP contribution in [0.4, 0.5) is 10.6 Å². The van der Waals surface area contributed by atoms with E-state index in [1.54, 1.807) is 12.4 Å². The summed E-state index contributed by atoms with van der Waals surface area (Å²) in [5.41, 5.74) is 2.35. The molecule has 0 aliphatic carbocycles. The molecule has 148 valence electrons. The monoisotopic (exact) mass is 410 g/mol. The Balaban J connectivity index is 1.35. The van der Waals surface area contributed by atoms with Crippen LogP contribution in [-0.4, -0.2) is 50.9 Å². The number of rotatable bonds is 6. The van der Waals surface area contributed by atoms with Gasteiger partial charge in [-0.2, -0.15) is 0 Å². The minimum atomic E-state index is -0.366. The average molecular weight is 410 g/mol. The summed E-state index contributed by atoms with van der Waals surface area (Å²) in [6.45, 7) is 1.08. The Kier molecular flexibility index (Phi) is 5.17. The van der Waals surface area contributed by atoms with Crippen LogP contribution in [0.5, 0.6) is 5.75 Å². The first-order chi connectivity index (χ1) is 14.0. The van der Waals surface area contributed by atoms with E-state index >= 15 is 0 Å². The van der Waals surface area contributed by atoms with Gasteiger partial charge in [-0.25, -0.2) is 15.0 Å². The van der Waals surface area contributed by atoms with E-state index in [9.17, 15) is 9.59 Å². The quantitative estimate of drug-likeness (QED) is 0.617. The van der Waals surface area contributed by atoms with E-state index in [4.69, 9.17) is 4.74 Å². The lowest BCUT2D eigenvalue weighted by atomic mass is 10.2. The number of carbonyl (C=O) groups is 2. The summed E-state index contributed by atoms with van der Waals surface area (Å²) >= 11 is 0.898. The lowest BCUT2D eigenvalue weighted by Gasteiger charge is -2.18. The maximum atomic E-state index is 11.6. The van der Waals surface area contributed by atoms with Gasteiger partial charge in [0, 0.05) is 14.1 Å². The second kappa shape index (κ2) is 7.92. The standard InChI is InChI=1S/C19H18N6O3S/c1-24(16-15-17(21-10-20-16)25(2)11-22-15)7-8-28-13-5-3-12(4-6-13)9-14-18(26)23-19(27)29-14/h3-6,9-11H,7-8H2,1-2H3,(H,23,26,27)/b14-9-. The van der Waals surface area contributed by atoms with Crippen molar-refractivity contribution in [3.05, 3.63) is 47.4 Å². The van der Waals surface area contributed by atoms with Crippen LogP contribution in [0, 0.1) is 0 Å². The predicted octanol–water partition coefficient (Wildman–Crippen LogP) is 2.20. The molecule has 1 fully saturated rings. The van der Waals surface area contributed by atoms with Crippen molar-refractivity contribution in [3.8, 4) is 5.75 Å². The molecular weight excluding hydrogens is 392 g/mol. The first-order valence-electron chi connectivity index (χ1n) is 8.82. The number of nitrogens with one attached hydrogen (secondary N) is 1. The lowest BCUT2D eigenvalue weighted by molar-refractivity contribution is -0.115. The van der Waals surface area contributed by atoms with Crippen molar-refractivity contribution in [3.63, 3.8) is 0 Å². The molecule has 1 saturated heterocycles. The number of imidazole rings is 1. The van der Waals surface area contributed by atoms with E-state index in [0.29, 0.717) is 23.8 Å². The van der Waals surface area contributed by atoms with Crippen molar-refractivity contribution in [1.82, 2.24) is 24.8 Å². The van der Waals surface area contributed by atoms with E-state index in [-0.39, 0.29) is 11.1 Å². The molecule has 0 atom stereocenters. The Morgan fingerprint density at radius 3 is 2.72 bits per heavy atom. The molecule has 2 aromatic heterocycles. The molecule has 0 spiro atoms.